The number of ether oxygens (including phenoxy) is 2. The van der Waals surface area contributed by atoms with Gasteiger partial charge in [-0.25, -0.2) is 0 Å². The minimum atomic E-state index is -3.13. The molecule has 1 aromatic carbocycles. The molecule has 11 heteroatoms. The fourth-order valence-electron chi connectivity index (χ4n) is 2.52. The summed E-state index contributed by atoms with van der Waals surface area (Å²) in [5.41, 5.74) is 5.39. The number of carbonyl (C=O) groups excluding carboxylic acids is 3. The summed E-state index contributed by atoms with van der Waals surface area (Å²) in [7, 11) is 0. The average Bonchev–Trinajstić information content (AvgIpc) is 2.60. The maximum Gasteiger partial charge on any atom is 0.387 e. The third-order valence-electron chi connectivity index (χ3n) is 3.67. The van der Waals surface area contributed by atoms with Crippen LogP contribution in [0.2, 0.25) is 0 Å². The second kappa shape index (κ2) is 9.24. The van der Waals surface area contributed by atoms with Crippen LogP contribution in [-0.4, -0.2) is 56.7 Å². The average molecular weight is 386 g/mol. The number of hydrogen-bond acceptors (Lipinski definition) is 6. The Morgan fingerprint density at radius 3 is 2.74 bits per heavy atom. The standard InChI is InChI=1S/C16H20F2N4O5/c1-2-20-13(14(19)24)15(25)21-9-3-4-10(11(7-9)27-16(17)18)22-5-6-26-8-12(22)23/h3-4,7,13,16,20H,2,5-6,8H2,1H3,(H2,19,24)(H,21,25)/t13-/m0/s1. The number of nitrogens with zero attached hydrogens (tertiary/aromatic N) is 1. The first kappa shape index (κ1) is 20.5. The molecular formula is C16H20F2N4O5. The summed E-state index contributed by atoms with van der Waals surface area (Å²) in [4.78, 5) is 36.7. The lowest BCUT2D eigenvalue weighted by Gasteiger charge is -2.28. The molecule has 0 unspecified atom stereocenters. The van der Waals surface area contributed by atoms with Gasteiger partial charge in [-0.05, 0) is 18.7 Å². The van der Waals surface area contributed by atoms with Crippen molar-refractivity contribution in [1.29, 1.82) is 0 Å². The van der Waals surface area contributed by atoms with Crippen molar-refractivity contribution in [2.24, 2.45) is 5.73 Å². The van der Waals surface area contributed by atoms with E-state index in [0.29, 0.717) is 6.54 Å². The molecule has 4 N–H and O–H groups in total. The van der Waals surface area contributed by atoms with Crippen molar-refractivity contribution in [3.05, 3.63) is 18.2 Å². The zero-order valence-corrected chi connectivity index (χ0v) is 14.5. The molecule has 0 aliphatic carbocycles. The van der Waals surface area contributed by atoms with Crippen LogP contribution in [0.5, 0.6) is 5.75 Å². The molecular weight excluding hydrogens is 366 g/mol. The number of halogens is 2. The second-order valence-electron chi connectivity index (χ2n) is 5.54. The molecule has 1 atom stereocenters. The lowest BCUT2D eigenvalue weighted by Crippen LogP contribution is -2.49. The number of rotatable bonds is 8. The van der Waals surface area contributed by atoms with Gasteiger partial charge in [0.1, 0.15) is 6.61 Å². The van der Waals surface area contributed by atoms with E-state index >= 15 is 0 Å². The van der Waals surface area contributed by atoms with E-state index in [9.17, 15) is 23.2 Å². The Balaban J connectivity index is 2.27. The smallest absolute Gasteiger partial charge is 0.387 e. The van der Waals surface area contributed by atoms with Gasteiger partial charge in [-0.2, -0.15) is 8.78 Å². The van der Waals surface area contributed by atoms with Crippen molar-refractivity contribution in [2.75, 3.05) is 36.5 Å². The minimum absolute atomic E-state index is 0.101. The Kier molecular flexibility index (Phi) is 7.02. The molecule has 2 rings (SSSR count). The molecule has 0 bridgehead atoms. The third-order valence-corrected chi connectivity index (χ3v) is 3.67. The van der Waals surface area contributed by atoms with Gasteiger partial charge in [-0.1, -0.05) is 6.92 Å². The molecule has 0 spiro atoms. The number of nitrogens with two attached hydrogens (primary N) is 1. The van der Waals surface area contributed by atoms with E-state index in [1.165, 1.54) is 17.0 Å². The van der Waals surface area contributed by atoms with E-state index in [1.807, 2.05) is 0 Å². The number of benzene rings is 1. The van der Waals surface area contributed by atoms with Gasteiger partial charge in [0, 0.05) is 18.3 Å². The molecule has 3 amide bonds. The Morgan fingerprint density at radius 1 is 1.41 bits per heavy atom. The molecule has 0 radical (unpaired) electrons. The van der Waals surface area contributed by atoms with Gasteiger partial charge in [0.2, 0.25) is 5.91 Å². The molecule has 1 aliphatic heterocycles. The minimum Gasteiger partial charge on any atom is -0.433 e. The summed E-state index contributed by atoms with van der Waals surface area (Å²) in [5.74, 6) is -2.33. The number of carbonyl (C=O) groups is 3. The van der Waals surface area contributed by atoms with Crippen LogP contribution in [0.3, 0.4) is 0 Å². The highest BCUT2D eigenvalue weighted by Crippen LogP contribution is 2.33. The zero-order chi connectivity index (χ0) is 20.0. The predicted octanol–water partition coefficient (Wildman–Crippen LogP) is 0.0531. The van der Waals surface area contributed by atoms with Crippen LogP contribution in [-0.2, 0) is 19.1 Å². The Hall–Kier alpha value is -2.79. The van der Waals surface area contributed by atoms with Gasteiger partial charge in [0.25, 0.3) is 11.8 Å². The highest BCUT2D eigenvalue weighted by atomic mass is 19.3. The first-order valence-electron chi connectivity index (χ1n) is 8.14. The summed E-state index contributed by atoms with van der Waals surface area (Å²) in [6.45, 7) is -0.873. The maximum absolute atomic E-state index is 12.8. The van der Waals surface area contributed by atoms with Crippen LogP contribution >= 0.6 is 0 Å². The molecule has 0 saturated carbocycles. The SMILES string of the molecule is CCN[C@@H](C(N)=O)C(=O)Nc1ccc(N2CCOCC2=O)c(OC(F)F)c1. The van der Waals surface area contributed by atoms with E-state index in [4.69, 9.17) is 10.5 Å². The van der Waals surface area contributed by atoms with Gasteiger partial charge < -0.3 is 25.4 Å². The highest BCUT2D eigenvalue weighted by molar-refractivity contribution is 6.09. The summed E-state index contributed by atoms with van der Waals surface area (Å²) in [6, 6.07) is 2.63. The van der Waals surface area contributed by atoms with Crippen molar-refractivity contribution < 1.29 is 32.6 Å². The third kappa shape index (κ3) is 5.34. The molecule has 1 saturated heterocycles. The summed E-state index contributed by atoms with van der Waals surface area (Å²) >= 11 is 0. The van der Waals surface area contributed by atoms with Gasteiger partial charge in [0.15, 0.2) is 11.8 Å². The number of primary amides is 1. The van der Waals surface area contributed by atoms with E-state index in [1.54, 1.807) is 6.92 Å². The summed E-state index contributed by atoms with van der Waals surface area (Å²) < 4.78 is 35.1. The Morgan fingerprint density at radius 2 is 2.15 bits per heavy atom. The van der Waals surface area contributed by atoms with Crippen LogP contribution < -0.4 is 26.0 Å². The van der Waals surface area contributed by atoms with E-state index in [0.717, 1.165) is 6.07 Å². The fraction of sp³-hybridized carbons (Fsp3) is 0.438. The van der Waals surface area contributed by atoms with Gasteiger partial charge >= 0.3 is 6.61 Å². The molecule has 0 aromatic heterocycles. The van der Waals surface area contributed by atoms with Gasteiger partial charge in [-0.3, -0.25) is 19.7 Å². The molecule has 1 fully saturated rings. The molecule has 148 valence electrons. The van der Waals surface area contributed by atoms with Gasteiger partial charge in [-0.15, -0.1) is 0 Å². The number of alkyl halides is 2. The molecule has 1 aliphatic rings. The Bertz CT molecular complexity index is 716. The lowest BCUT2D eigenvalue weighted by molar-refractivity contribution is -0.128. The quantitative estimate of drug-likeness (QED) is 0.543. The fourth-order valence-corrected chi connectivity index (χ4v) is 2.52. The zero-order valence-electron chi connectivity index (χ0n) is 14.5. The summed E-state index contributed by atoms with van der Waals surface area (Å²) in [6.07, 6.45) is 0. The Labute approximate surface area is 153 Å². The number of amides is 3. The van der Waals surface area contributed by atoms with Crippen LogP contribution in [0.4, 0.5) is 20.2 Å². The van der Waals surface area contributed by atoms with Crippen LogP contribution in [0.1, 0.15) is 6.92 Å². The normalized spacial score (nSPS) is 15.6. The van der Waals surface area contributed by atoms with E-state index in [-0.39, 0.29) is 36.9 Å². The molecule has 1 heterocycles. The van der Waals surface area contributed by atoms with Crippen LogP contribution in [0, 0.1) is 0 Å². The number of morpholine rings is 1. The lowest BCUT2D eigenvalue weighted by atomic mass is 10.2. The van der Waals surface area contributed by atoms with Crippen molar-refractivity contribution in [3.8, 4) is 5.75 Å². The maximum atomic E-state index is 12.8. The largest absolute Gasteiger partial charge is 0.433 e. The monoisotopic (exact) mass is 386 g/mol. The first-order valence-corrected chi connectivity index (χ1v) is 8.14. The van der Waals surface area contributed by atoms with Crippen LogP contribution in [0.15, 0.2) is 18.2 Å². The van der Waals surface area contributed by atoms with Crippen molar-refractivity contribution in [2.45, 2.75) is 19.6 Å². The predicted molar refractivity (Wildman–Crippen MR) is 91.5 cm³/mol. The molecule has 1 aromatic rings. The summed E-state index contributed by atoms with van der Waals surface area (Å²) in [5, 5.41) is 5.02. The van der Waals surface area contributed by atoms with E-state index < -0.39 is 30.4 Å². The first-order chi connectivity index (χ1) is 12.8. The number of likely N-dealkylation sites (N-methyl/N-ethyl adjacent to an activating group) is 1. The highest BCUT2D eigenvalue weighted by Gasteiger charge is 2.26. The number of nitrogens with one attached hydrogen (secondary N) is 2. The molecule has 27 heavy (non-hydrogen) atoms. The molecule has 9 nitrogen and oxygen atoms in total. The second-order valence-corrected chi connectivity index (χ2v) is 5.54. The number of hydrogen-bond donors (Lipinski definition) is 3. The number of anilines is 2. The van der Waals surface area contributed by atoms with Gasteiger partial charge in [0.05, 0.1) is 12.3 Å². The van der Waals surface area contributed by atoms with E-state index in [2.05, 4.69) is 15.4 Å². The van der Waals surface area contributed by atoms with Crippen molar-refractivity contribution >= 4 is 29.1 Å². The van der Waals surface area contributed by atoms with Crippen molar-refractivity contribution in [1.82, 2.24) is 5.32 Å². The van der Waals surface area contributed by atoms with Crippen LogP contribution in [0.25, 0.3) is 0 Å². The topological polar surface area (TPSA) is 123 Å². The van der Waals surface area contributed by atoms with Crippen molar-refractivity contribution in [3.63, 3.8) is 0 Å².